The fraction of sp³-hybridized carbons (Fsp3) is 0.643. The van der Waals surface area contributed by atoms with Crippen LogP contribution in [0.2, 0.25) is 0 Å². The Morgan fingerprint density at radius 3 is 2.61 bits per heavy atom. The maximum absolute atomic E-state index is 13.0. The van der Waals surface area contributed by atoms with Gasteiger partial charge in [-0.25, -0.2) is 9.67 Å². The van der Waals surface area contributed by atoms with E-state index < -0.39 is 17.5 Å². The zero-order chi connectivity index (χ0) is 16.9. The zero-order valence-corrected chi connectivity index (χ0v) is 12.9. The predicted molar refractivity (Wildman–Crippen MR) is 76.3 cm³/mol. The Morgan fingerprint density at radius 2 is 2.00 bits per heavy atom. The van der Waals surface area contributed by atoms with Gasteiger partial charge in [0.1, 0.15) is 11.3 Å². The number of hydrogen-bond donors (Lipinski definition) is 1. The van der Waals surface area contributed by atoms with Crippen molar-refractivity contribution in [2.75, 3.05) is 0 Å². The summed E-state index contributed by atoms with van der Waals surface area (Å²) >= 11 is 0. The van der Waals surface area contributed by atoms with E-state index in [4.69, 9.17) is 0 Å². The van der Waals surface area contributed by atoms with Gasteiger partial charge in [0.05, 0.1) is 31.8 Å². The van der Waals surface area contributed by atoms with Crippen molar-refractivity contribution in [3.8, 4) is 0 Å². The number of unbranched alkanes of at least 4 members (excludes halogenated alkanes) is 2. The number of alkyl halides is 3. The molecule has 0 aliphatic heterocycles. The molecular formula is C14H20F3N5O. The predicted octanol–water partition coefficient (Wildman–Crippen LogP) is 2.51. The van der Waals surface area contributed by atoms with Crippen molar-refractivity contribution in [2.24, 2.45) is 0 Å². The van der Waals surface area contributed by atoms with Crippen LogP contribution in [0.15, 0.2) is 24.9 Å². The van der Waals surface area contributed by atoms with E-state index >= 15 is 0 Å². The number of nitrogens with zero attached hydrogens (tertiary/aromatic N) is 5. The second-order valence-electron chi connectivity index (χ2n) is 5.69. The number of rotatable bonds is 8. The van der Waals surface area contributed by atoms with Gasteiger partial charge in [0, 0.05) is 6.20 Å². The first kappa shape index (κ1) is 17.5. The molecule has 2 heterocycles. The summed E-state index contributed by atoms with van der Waals surface area (Å²) < 4.78 is 41.3. The van der Waals surface area contributed by atoms with Crippen molar-refractivity contribution in [1.82, 2.24) is 24.5 Å². The summed E-state index contributed by atoms with van der Waals surface area (Å²) in [5.41, 5.74) is -2.23. The Kier molecular flexibility index (Phi) is 5.40. The summed E-state index contributed by atoms with van der Waals surface area (Å²) in [4.78, 5) is 3.56. The fourth-order valence-electron chi connectivity index (χ4n) is 2.53. The molecule has 0 saturated heterocycles. The molecular weight excluding hydrogens is 311 g/mol. The van der Waals surface area contributed by atoms with Gasteiger partial charge in [-0.2, -0.15) is 13.2 Å². The first-order valence-corrected chi connectivity index (χ1v) is 7.48. The molecule has 0 spiro atoms. The van der Waals surface area contributed by atoms with Crippen molar-refractivity contribution in [3.63, 3.8) is 0 Å². The minimum atomic E-state index is -4.51. The van der Waals surface area contributed by atoms with E-state index in [2.05, 4.69) is 15.3 Å². The van der Waals surface area contributed by atoms with E-state index in [-0.39, 0.29) is 13.1 Å². The highest BCUT2D eigenvalue weighted by Crippen LogP contribution is 2.30. The van der Waals surface area contributed by atoms with E-state index in [1.54, 1.807) is 6.20 Å². The molecule has 0 aliphatic rings. The molecule has 0 bridgehead atoms. The number of aliphatic hydroxyl groups is 1. The molecule has 0 aromatic carbocycles. The second-order valence-corrected chi connectivity index (χ2v) is 5.69. The molecule has 2 aromatic rings. The molecule has 0 amide bonds. The van der Waals surface area contributed by atoms with Gasteiger partial charge in [-0.1, -0.05) is 31.4 Å². The lowest BCUT2D eigenvalue weighted by Gasteiger charge is -2.29. The molecule has 6 nitrogen and oxygen atoms in total. The highest BCUT2D eigenvalue weighted by Gasteiger charge is 2.37. The summed E-state index contributed by atoms with van der Waals surface area (Å²) in [5, 5.41) is 18.3. The summed E-state index contributed by atoms with van der Waals surface area (Å²) in [6.07, 6.45) is 3.33. The molecule has 0 radical (unpaired) electrons. The van der Waals surface area contributed by atoms with Crippen LogP contribution in [0.4, 0.5) is 13.2 Å². The fourth-order valence-corrected chi connectivity index (χ4v) is 2.53. The molecule has 2 aromatic heterocycles. The summed E-state index contributed by atoms with van der Waals surface area (Å²) in [6, 6.07) is 0. The molecule has 0 saturated carbocycles. The van der Waals surface area contributed by atoms with Gasteiger partial charge in [0.25, 0.3) is 0 Å². The van der Waals surface area contributed by atoms with Crippen LogP contribution in [0, 0.1) is 0 Å². The molecule has 23 heavy (non-hydrogen) atoms. The molecule has 1 atom stereocenters. The summed E-state index contributed by atoms with van der Waals surface area (Å²) in [6.45, 7) is 1.89. The second kappa shape index (κ2) is 7.12. The minimum Gasteiger partial charge on any atom is -0.386 e. The minimum absolute atomic E-state index is 0.0756. The van der Waals surface area contributed by atoms with E-state index in [0.717, 1.165) is 36.4 Å². The van der Waals surface area contributed by atoms with E-state index in [1.807, 2.05) is 6.92 Å². The average Bonchev–Trinajstić information content (AvgIpc) is 3.09. The SMILES string of the molecule is CCCCCC(O)(Cn1ccnn1)Cn1cncc1C(F)(F)F. The topological polar surface area (TPSA) is 68.8 Å². The molecule has 9 heteroatoms. The maximum Gasteiger partial charge on any atom is 0.432 e. The van der Waals surface area contributed by atoms with Crippen LogP contribution in [-0.2, 0) is 19.3 Å². The number of imidazole rings is 1. The van der Waals surface area contributed by atoms with Crippen LogP contribution in [0.5, 0.6) is 0 Å². The zero-order valence-electron chi connectivity index (χ0n) is 12.9. The first-order chi connectivity index (χ1) is 10.8. The Hall–Kier alpha value is -1.90. The lowest BCUT2D eigenvalue weighted by atomic mass is 9.95. The third-order valence-corrected chi connectivity index (χ3v) is 3.64. The van der Waals surface area contributed by atoms with Crippen LogP contribution < -0.4 is 0 Å². The van der Waals surface area contributed by atoms with Gasteiger partial charge < -0.3 is 9.67 Å². The molecule has 0 aliphatic carbocycles. The van der Waals surface area contributed by atoms with Gasteiger partial charge in [-0.05, 0) is 6.42 Å². The largest absolute Gasteiger partial charge is 0.432 e. The highest BCUT2D eigenvalue weighted by molar-refractivity contribution is 5.04. The first-order valence-electron chi connectivity index (χ1n) is 7.48. The smallest absolute Gasteiger partial charge is 0.386 e. The normalized spacial score (nSPS) is 14.8. The van der Waals surface area contributed by atoms with E-state index in [9.17, 15) is 18.3 Å². The van der Waals surface area contributed by atoms with Gasteiger partial charge >= 0.3 is 6.18 Å². The van der Waals surface area contributed by atoms with Gasteiger partial charge in [-0.15, -0.1) is 5.10 Å². The Labute approximate surface area is 131 Å². The van der Waals surface area contributed by atoms with Crippen molar-refractivity contribution in [2.45, 2.75) is 57.5 Å². The molecule has 128 valence electrons. The van der Waals surface area contributed by atoms with Crippen LogP contribution >= 0.6 is 0 Å². The van der Waals surface area contributed by atoms with Crippen molar-refractivity contribution < 1.29 is 18.3 Å². The Balaban J connectivity index is 2.18. The quantitative estimate of drug-likeness (QED) is 0.755. The molecule has 1 unspecified atom stereocenters. The third kappa shape index (κ3) is 4.78. The van der Waals surface area contributed by atoms with Crippen LogP contribution in [0.1, 0.15) is 38.3 Å². The summed E-state index contributed by atoms with van der Waals surface area (Å²) in [5.74, 6) is 0. The van der Waals surface area contributed by atoms with Crippen LogP contribution in [0.25, 0.3) is 0 Å². The standard InChI is InChI=1S/C14H20F3N5O/c1-2-3-4-5-13(23,10-22-7-6-19-20-22)9-21-11-18-8-12(21)14(15,16)17/h6-8,11,23H,2-5,9-10H2,1H3. The van der Waals surface area contributed by atoms with Crippen molar-refractivity contribution in [1.29, 1.82) is 0 Å². The number of hydrogen-bond acceptors (Lipinski definition) is 4. The van der Waals surface area contributed by atoms with E-state index in [0.29, 0.717) is 6.42 Å². The van der Waals surface area contributed by atoms with Crippen LogP contribution in [-0.4, -0.2) is 35.3 Å². The lowest BCUT2D eigenvalue weighted by molar-refractivity contribution is -0.145. The molecule has 2 rings (SSSR count). The summed E-state index contributed by atoms with van der Waals surface area (Å²) in [7, 11) is 0. The molecule has 1 N–H and O–H groups in total. The Morgan fingerprint density at radius 1 is 1.22 bits per heavy atom. The van der Waals surface area contributed by atoms with Gasteiger partial charge in [-0.3, -0.25) is 0 Å². The van der Waals surface area contributed by atoms with Gasteiger partial charge in [0.2, 0.25) is 0 Å². The third-order valence-electron chi connectivity index (χ3n) is 3.64. The number of halogens is 3. The Bertz CT molecular complexity index is 596. The maximum atomic E-state index is 13.0. The van der Waals surface area contributed by atoms with Crippen molar-refractivity contribution in [3.05, 3.63) is 30.6 Å². The van der Waals surface area contributed by atoms with Crippen LogP contribution in [0.3, 0.4) is 0 Å². The van der Waals surface area contributed by atoms with Gasteiger partial charge in [0.15, 0.2) is 0 Å². The molecule has 0 fully saturated rings. The lowest BCUT2D eigenvalue weighted by Crippen LogP contribution is -2.40. The van der Waals surface area contributed by atoms with E-state index in [1.165, 1.54) is 10.9 Å². The van der Waals surface area contributed by atoms with Crippen molar-refractivity contribution >= 4 is 0 Å². The number of aromatic nitrogens is 5. The monoisotopic (exact) mass is 331 g/mol. The average molecular weight is 331 g/mol. The highest BCUT2D eigenvalue weighted by atomic mass is 19.4.